The molecule has 4 heteroatoms. The van der Waals surface area contributed by atoms with Crippen molar-refractivity contribution in [3.8, 4) is 5.75 Å². The number of fused-ring (bicyclic) bond motifs is 1. The smallest absolute Gasteiger partial charge is 0.201 e. The largest absolute Gasteiger partial charge is 0.491 e. The number of imidazole rings is 1. The van der Waals surface area contributed by atoms with Crippen molar-refractivity contribution in [2.24, 2.45) is 0 Å². The Balaban J connectivity index is 2.09. The summed E-state index contributed by atoms with van der Waals surface area (Å²) < 4.78 is 7.84. The van der Waals surface area contributed by atoms with Gasteiger partial charge >= 0.3 is 0 Å². The van der Waals surface area contributed by atoms with Gasteiger partial charge < -0.3 is 15.0 Å². The van der Waals surface area contributed by atoms with E-state index in [4.69, 9.17) is 10.5 Å². The Labute approximate surface area is 100 Å². The average Bonchev–Trinajstić information content (AvgIpc) is 3.09. The number of ether oxygens (including phenoxy) is 1. The third-order valence-corrected chi connectivity index (χ3v) is 3.08. The molecule has 0 spiro atoms. The summed E-state index contributed by atoms with van der Waals surface area (Å²) in [5.41, 5.74) is 7.98. The fraction of sp³-hybridized carbons (Fsp3) is 0.462. The second-order valence-corrected chi connectivity index (χ2v) is 4.54. The highest BCUT2D eigenvalue weighted by atomic mass is 16.5. The highest BCUT2D eigenvalue weighted by molar-refractivity contribution is 5.84. The van der Waals surface area contributed by atoms with E-state index in [-0.39, 0.29) is 0 Å². The van der Waals surface area contributed by atoms with Crippen LogP contribution in [0.25, 0.3) is 11.0 Å². The molecule has 1 aromatic carbocycles. The molecule has 90 valence electrons. The van der Waals surface area contributed by atoms with Crippen molar-refractivity contribution < 1.29 is 4.74 Å². The number of rotatable bonds is 4. The summed E-state index contributed by atoms with van der Waals surface area (Å²) >= 11 is 0. The van der Waals surface area contributed by atoms with Crippen LogP contribution in [-0.4, -0.2) is 16.2 Å². The highest BCUT2D eigenvalue weighted by Crippen LogP contribution is 2.40. The van der Waals surface area contributed by atoms with Gasteiger partial charge in [0.25, 0.3) is 0 Å². The maximum absolute atomic E-state index is 5.99. The summed E-state index contributed by atoms with van der Waals surface area (Å²) in [6.07, 6.45) is 3.40. The van der Waals surface area contributed by atoms with Gasteiger partial charge in [-0.2, -0.15) is 0 Å². The number of nitrogens with zero attached hydrogens (tertiary/aromatic N) is 2. The Kier molecular flexibility index (Phi) is 2.42. The molecule has 1 aliphatic rings. The van der Waals surface area contributed by atoms with Crippen molar-refractivity contribution in [3.63, 3.8) is 0 Å². The summed E-state index contributed by atoms with van der Waals surface area (Å²) in [7, 11) is 0. The predicted octanol–water partition coefficient (Wildman–Crippen LogP) is 2.74. The molecule has 4 nitrogen and oxygen atoms in total. The zero-order chi connectivity index (χ0) is 11.8. The van der Waals surface area contributed by atoms with E-state index in [1.54, 1.807) is 0 Å². The van der Waals surface area contributed by atoms with Crippen LogP contribution in [0.5, 0.6) is 5.75 Å². The number of hydrogen-bond donors (Lipinski definition) is 1. The molecule has 0 atom stereocenters. The first-order chi connectivity index (χ1) is 8.31. The van der Waals surface area contributed by atoms with Crippen molar-refractivity contribution in [2.45, 2.75) is 32.2 Å². The SMILES string of the molecule is CCCOc1cccc2c1nc(N)n2C1CC1. The maximum atomic E-state index is 5.99. The van der Waals surface area contributed by atoms with Gasteiger partial charge in [0.1, 0.15) is 11.3 Å². The number of anilines is 1. The van der Waals surface area contributed by atoms with Gasteiger partial charge in [-0.05, 0) is 31.4 Å². The fourth-order valence-corrected chi connectivity index (χ4v) is 2.15. The molecule has 3 rings (SSSR count). The molecule has 17 heavy (non-hydrogen) atoms. The van der Waals surface area contributed by atoms with Gasteiger partial charge in [0, 0.05) is 6.04 Å². The lowest BCUT2D eigenvalue weighted by Crippen LogP contribution is -2.00. The minimum atomic E-state index is 0.543. The number of nitrogens with two attached hydrogens (primary N) is 1. The Bertz CT molecular complexity index is 543. The molecule has 0 amide bonds. The molecule has 2 aromatic rings. The van der Waals surface area contributed by atoms with E-state index >= 15 is 0 Å². The second kappa shape index (κ2) is 3.95. The van der Waals surface area contributed by atoms with Gasteiger partial charge in [-0.3, -0.25) is 0 Å². The molecule has 2 N–H and O–H groups in total. The van der Waals surface area contributed by atoms with Crippen LogP contribution >= 0.6 is 0 Å². The van der Waals surface area contributed by atoms with Crippen LogP contribution in [-0.2, 0) is 0 Å². The molecule has 0 unspecified atom stereocenters. The van der Waals surface area contributed by atoms with Gasteiger partial charge in [0.2, 0.25) is 5.95 Å². The van der Waals surface area contributed by atoms with Crippen LogP contribution in [0.1, 0.15) is 32.2 Å². The summed E-state index contributed by atoms with van der Waals surface area (Å²) in [5, 5.41) is 0. The third kappa shape index (κ3) is 1.73. The number of benzene rings is 1. The molecule has 1 aromatic heterocycles. The lowest BCUT2D eigenvalue weighted by Gasteiger charge is -2.06. The van der Waals surface area contributed by atoms with E-state index in [0.29, 0.717) is 12.0 Å². The Morgan fingerprint density at radius 1 is 1.47 bits per heavy atom. The second-order valence-electron chi connectivity index (χ2n) is 4.54. The lowest BCUT2D eigenvalue weighted by atomic mass is 10.3. The predicted molar refractivity (Wildman–Crippen MR) is 68.2 cm³/mol. The first-order valence-electron chi connectivity index (χ1n) is 6.20. The molecule has 0 radical (unpaired) electrons. The molecule has 0 aliphatic heterocycles. The summed E-state index contributed by atoms with van der Waals surface area (Å²) in [5.74, 6) is 1.45. The Morgan fingerprint density at radius 2 is 2.29 bits per heavy atom. The lowest BCUT2D eigenvalue weighted by molar-refractivity contribution is 0.320. The Morgan fingerprint density at radius 3 is 3.00 bits per heavy atom. The maximum Gasteiger partial charge on any atom is 0.201 e. The quantitative estimate of drug-likeness (QED) is 0.880. The number of para-hydroxylation sites is 1. The summed E-state index contributed by atoms with van der Waals surface area (Å²) in [6, 6.07) is 6.58. The van der Waals surface area contributed by atoms with Crippen LogP contribution in [0.3, 0.4) is 0 Å². The molecular weight excluding hydrogens is 214 g/mol. The van der Waals surface area contributed by atoms with Crippen LogP contribution in [0.2, 0.25) is 0 Å². The topological polar surface area (TPSA) is 53.1 Å². The van der Waals surface area contributed by atoms with Crippen LogP contribution in [0, 0.1) is 0 Å². The number of hydrogen-bond acceptors (Lipinski definition) is 3. The Hall–Kier alpha value is -1.71. The van der Waals surface area contributed by atoms with E-state index in [0.717, 1.165) is 29.8 Å². The molecular formula is C13H17N3O. The minimum Gasteiger partial charge on any atom is -0.491 e. The average molecular weight is 231 g/mol. The highest BCUT2D eigenvalue weighted by Gasteiger charge is 2.28. The van der Waals surface area contributed by atoms with Gasteiger partial charge in [-0.1, -0.05) is 13.0 Å². The normalized spacial score (nSPS) is 15.4. The van der Waals surface area contributed by atoms with E-state index in [9.17, 15) is 0 Å². The van der Waals surface area contributed by atoms with E-state index < -0.39 is 0 Å². The van der Waals surface area contributed by atoms with E-state index in [1.165, 1.54) is 12.8 Å². The first kappa shape index (κ1) is 10.4. The monoisotopic (exact) mass is 231 g/mol. The minimum absolute atomic E-state index is 0.543. The van der Waals surface area contributed by atoms with Crippen molar-refractivity contribution in [2.75, 3.05) is 12.3 Å². The molecule has 0 saturated heterocycles. The van der Waals surface area contributed by atoms with E-state index in [2.05, 4.69) is 22.5 Å². The van der Waals surface area contributed by atoms with Gasteiger partial charge in [0.15, 0.2) is 0 Å². The zero-order valence-electron chi connectivity index (χ0n) is 10.0. The van der Waals surface area contributed by atoms with Crippen molar-refractivity contribution in [1.29, 1.82) is 0 Å². The van der Waals surface area contributed by atoms with Crippen molar-refractivity contribution >= 4 is 17.0 Å². The third-order valence-electron chi connectivity index (χ3n) is 3.08. The summed E-state index contributed by atoms with van der Waals surface area (Å²) in [6.45, 7) is 2.81. The summed E-state index contributed by atoms with van der Waals surface area (Å²) in [4.78, 5) is 4.44. The van der Waals surface area contributed by atoms with Crippen LogP contribution in [0.4, 0.5) is 5.95 Å². The fourth-order valence-electron chi connectivity index (χ4n) is 2.15. The number of nitrogen functional groups attached to an aromatic ring is 1. The van der Waals surface area contributed by atoms with Gasteiger partial charge in [-0.25, -0.2) is 4.98 Å². The van der Waals surface area contributed by atoms with Crippen molar-refractivity contribution in [1.82, 2.24) is 9.55 Å². The van der Waals surface area contributed by atoms with Gasteiger partial charge in [-0.15, -0.1) is 0 Å². The molecule has 1 heterocycles. The van der Waals surface area contributed by atoms with Gasteiger partial charge in [0.05, 0.1) is 12.1 Å². The molecule has 0 bridgehead atoms. The van der Waals surface area contributed by atoms with Crippen molar-refractivity contribution in [3.05, 3.63) is 18.2 Å². The first-order valence-corrected chi connectivity index (χ1v) is 6.20. The van der Waals surface area contributed by atoms with Crippen LogP contribution < -0.4 is 10.5 Å². The zero-order valence-corrected chi connectivity index (χ0v) is 10.0. The van der Waals surface area contributed by atoms with Crippen LogP contribution in [0.15, 0.2) is 18.2 Å². The molecule has 1 saturated carbocycles. The molecule has 1 aliphatic carbocycles. The number of aromatic nitrogens is 2. The molecule has 1 fully saturated rings. The van der Waals surface area contributed by atoms with E-state index in [1.807, 2.05) is 12.1 Å². The standard InChI is InChI=1S/C13H17N3O/c1-2-8-17-11-5-3-4-10-12(11)15-13(14)16(10)9-6-7-9/h3-5,9H,2,6-8H2,1H3,(H2,14,15).